The first-order valence-corrected chi connectivity index (χ1v) is 10.6. The molecule has 2 amide bonds. The van der Waals surface area contributed by atoms with Crippen molar-refractivity contribution in [3.05, 3.63) is 71.3 Å². The van der Waals surface area contributed by atoms with E-state index < -0.39 is 0 Å². The first-order valence-electron chi connectivity index (χ1n) is 10.6. The number of hydrogen-bond acceptors (Lipinski definition) is 4. The number of morpholine rings is 1. The molecular formula is C24H31N3O3. The van der Waals surface area contributed by atoms with Crippen molar-refractivity contribution in [2.75, 3.05) is 39.4 Å². The molecule has 30 heavy (non-hydrogen) atoms. The van der Waals surface area contributed by atoms with E-state index in [2.05, 4.69) is 46.7 Å². The third-order valence-electron chi connectivity index (χ3n) is 5.31. The second-order valence-corrected chi connectivity index (χ2v) is 7.61. The molecule has 0 radical (unpaired) electrons. The Bertz CT molecular complexity index is 819. The first-order chi connectivity index (χ1) is 14.6. The van der Waals surface area contributed by atoms with Crippen LogP contribution >= 0.6 is 0 Å². The molecular weight excluding hydrogens is 378 g/mol. The van der Waals surface area contributed by atoms with Crippen molar-refractivity contribution in [3.8, 4) is 0 Å². The van der Waals surface area contributed by atoms with Crippen molar-refractivity contribution in [1.29, 1.82) is 0 Å². The Morgan fingerprint density at radius 2 is 1.80 bits per heavy atom. The molecule has 1 aliphatic heterocycles. The van der Waals surface area contributed by atoms with Gasteiger partial charge in [0.1, 0.15) is 0 Å². The number of hydrogen-bond donors (Lipinski definition) is 2. The molecule has 2 aromatic carbocycles. The van der Waals surface area contributed by atoms with Crippen LogP contribution in [0.1, 0.15) is 40.4 Å². The van der Waals surface area contributed by atoms with Gasteiger partial charge in [0.05, 0.1) is 19.3 Å². The Hall–Kier alpha value is -2.70. The van der Waals surface area contributed by atoms with Crippen molar-refractivity contribution >= 4 is 11.8 Å². The van der Waals surface area contributed by atoms with Gasteiger partial charge in [0, 0.05) is 38.2 Å². The zero-order chi connectivity index (χ0) is 21.2. The Kier molecular flexibility index (Phi) is 8.41. The van der Waals surface area contributed by atoms with E-state index in [0.717, 1.165) is 26.3 Å². The normalized spacial score (nSPS) is 15.4. The zero-order valence-corrected chi connectivity index (χ0v) is 17.6. The summed E-state index contributed by atoms with van der Waals surface area (Å²) in [7, 11) is 0. The first kappa shape index (κ1) is 22.0. The highest BCUT2D eigenvalue weighted by atomic mass is 16.5. The van der Waals surface area contributed by atoms with Gasteiger partial charge in [-0.25, -0.2) is 0 Å². The molecule has 160 valence electrons. The molecule has 0 bridgehead atoms. The minimum absolute atomic E-state index is 0.00914. The molecule has 6 heteroatoms. The fraction of sp³-hybridized carbons (Fsp3) is 0.417. The van der Waals surface area contributed by atoms with E-state index in [0.29, 0.717) is 31.5 Å². The van der Waals surface area contributed by atoms with Crippen LogP contribution in [0.15, 0.2) is 54.6 Å². The second kappa shape index (κ2) is 11.5. The Labute approximate surface area is 178 Å². The van der Waals surface area contributed by atoms with E-state index in [1.807, 2.05) is 18.2 Å². The Balaban J connectivity index is 1.45. The maximum Gasteiger partial charge on any atom is 0.251 e. The minimum atomic E-state index is -0.108. The molecule has 0 aliphatic carbocycles. The maximum absolute atomic E-state index is 12.4. The van der Waals surface area contributed by atoms with Gasteiger partial charge >= 0.3 is 0 Å². The quantitative estimate of drug-likeness (QED) is 0.625. The number of amides is 2. The van der Waals surface area contributed by atoms with Crippen molar-refractivity contribution < 1.29 is 14.3 Å². The lowest BCUT2D eigenvalue weighted by atomic mass is 10.0. The zero-order valence-electron chi connectivity index (χ0n) is 17.6. The van der Waals surface area contributed by atoms with Crippen LogP contribution in [0.25, 0.3) is 0 Å². The molecule has 1 fully saturated rings. The van der Waals surface area contributed by atoms with Gasteiger partial charge in [0.25, 0.3) is 5.91 Å². The smallest absolute Gasteiger partial charge is 0.251 e. The summed E-state index contributed by atoms with van der Waals surface area (Å²) < 4.78 is 5.49. The van der Waals surface area contributed by atoms with Gasteiger partial charge in [0.2, 0.25) is 5.91 Å². The number of carbonyl (C=O) groups is 2. The van der Waals surface area contributed by atoms with Crippen molar-refractivity contribution in [2.24, 2.45) is 0 Å². The van der Waals surface area contributed by atoms with Crippen LogP contribution in [-0.4, -0.2) is 56.1 Å². The van der Waals surface area contributed by atoms with Crippen LogP contribution < -0.4 is 10.6 Å². The Morgan fingerprint density at radius 1 is 1.03 bits per heavy atom. The van der Waals surface area contributed by atoms with E-state index in [1.54, 1.807) is 12.1 Å². The van der Waals surface area contributed by atoms with Crippen LogP contribution in [0.4, 0.5) is 0 Å². The monoisotopic (exact) mass is 409 g/mol. The minimum Gasteiger partial charge on any atom is -0.379 e. The second-order valence-electron chi connectivity index (χ2n) is 7.61. The van der Waals surface area contributed by atoms with Gasteiger partial charge in [-0.2, -0.15) is 0 Å². The molecule has 1 unspecified atom stereocenters. The average Bonchev–Trinajstić information content (AvgIpc) is 2.78. The summed E-state index contributed by atoms with van der Waals surface area (Å²) in [5.41, 5.74) is 3.06. The number of rotatable bonds is 9. The fourth-order valence-electron chi connectivity index (χ4n) is 3.67. The van der Waals surface area contributed by atoms with Crippen LogP contribution in [0, 0.1) is 6.92 Å². The van der Waals surface area contributed by atoms with Gasteiger partial charge in [-0.1, -0.05) is 48.0 Å². The molecule has 1 atom stereocenters. The molecule has 6 nitrogen and oxygen atoms in total. The highest BCUT2D eigenvalue weighted by molar-refractivity contribution is 5.94. The SMILES string of the molecule is Cc1cccc(C(CNC(=O)CCCNC(=O)c2ccccc2)N2CCOCC2)c1. The lowest BCUT2D eigenvalue weighted by molar-refractivity contribution is -0.121. The van der Waals surface area contributed by atoms with E-state index >= 15 is 0 Å². The molecule has 1 saturated heterocycles. The maximum atomic E-state index is 12.4. The summed E-state index contributed by atoms with van der Waals surface area (Å²) in [4.78, 5) is 26.8. The van der Waals surface area contributed by atoms with Gasteiger partial charge in [-0.3, -0.25) is 14.5 Å². The number of nitrogens with one attached hydrogen (secondary N) is 2. The van der Waals surface area contributed by atoms with Gasteiger partial charge in [0.15, 0.2) is 0 Å². The van der Waals surface area contributed by atoms with Gasteiger partial charge < -0.3 is 15.4 Å². The van der Waals surface area contributed by atoms with Crippen LogP contribution in [0.5, 0.6) is 0 Å². The predicted octanol–water partition coefficient (Wildman–Crippen LogP) is 2.69. The van der Waals surface area contributed by atoms with E-state index in [1.165, 1.54) is 11.1 Å². The van der Waals surface area contributed by atoms with Crippen LogP contribution in [0.2, 0.25) is 0 Å². The number of carbonyl (C=O) groups excluding carboxylic acids is 2. The highest BCUT2D eigenvalue weighted by Gasteiger charge is 2.23. The summed E-state index contributed by atoms with van der Waals surface area (Å²) in [5.74, 6) is -0.0993. The van der Waals surface area contributed by atoms with Gasteiger partial charge in [-0.05, 0) is 31.0 Å². The highest BCUT2D eigenvalue weighted by Crippen LogP contribution is 2.22. The Morgan fingerprint density at radius 3 is 2.53 bits per heavy atom. The summed E-state index contributed by atoms with van der Waals surface area (Å²) in [6.45, 7) is 6.29. The van der Waals surface area contributed by atoms with Crippen LogP contribution in [-0.2, 0) is 9.53 Å². The van der Waals surface area contributed by atoms with E-state index in [9.17, 15) is 9.59 Å². The third kappa shape index (κ3) is 6.68. The third-order valence-corrected chi connectivity index (χ3v) is 5.31. The summed E-state index contributed by atoms with van der Waals surface area (Å²) in [6, 6.07) is 17.7. The molecule has 2 aromatic rings. The number of ether oxygens (including phenoxy) is 1. The van der Waals surface area contributed by atoms with Crippen molar-refractivity contribution in [1.82, 2.24) is 15.5 Å². The van der Waals surface area contributed by atoms with Crippen molar-refractivity contribution in [2.45, 2.75) is 25.8 Å². The predicted molar refractivity (Wildman–Crippen MR) is 117 cm³/mol. The van der Waals surface area contributed by atoms with Crippen molar-refractivity contribution in [3.63, 3.8) is 0 Å². The van der Waals surface area contributed by atoms with E-state index in [4.69, 9.17) is 4.74 Å². The molecule has 1 aliphatic rings. The van der Waals surface area contributed by atoms with Crippen LogP contribution in [0.3, 0.4) is 0 Å². The topological polar surface area (TPSA) is 70.7 Å². The summed E-state index contributed by atoms with van der Waals surface area (Å²) in [6.07, 6.45) is 0.996. The summed E-state index contributed by atoms with van der Waals surface area (Å²) in [5, 5.41) is 5.95. The van der Waals surface area contributed by atoms with E-state index in [-0.39, 0.29) is 17.9 Å². The molecule has 0 saturated carbocycles. The lowest BCUT2D eigenvalue weighted by Crippen LogP contribution is -2.43. The molecule has 1 heterocycles. The standard InChI is InChI=1S/C24H31N3O3/c1-19-7-5-10-21(17-19)22(27-13-15-30-16-14-27)18-26-23(28)11-6-12-25-24(29)20-8-3-2-4-9-20/h2-5,7-10,17,22H,6,11-16,18H2,1H3,(H,25,29)(H,26,28). The molecule has 2 N–H and O–H groups in total. The molecule has 3 rings (SSSR count). The number of aryl methyl sites for hydroxylation is 1. The molecule has 0 aromatic heterocycles. The largest absolute Gasteiger partial charge is 0.379 e. The lowest BCUT2D eigenvalue weighted by Gasteiger charge is -2.35. The molecule has 0 spiro atoms. The average molecular weight is 410 g/mol. The summed E-state index contributed by atoms with van der Waals surface area (Å²) >= 11 is 0. The fourth-order valence-corrected chi connectivity index (χ4v) is 3.67. The number of benzene rings is 2. The van der Waals surface area contributed by atoms with Gasteiger partial charge in [-0.15, -0.1) is 0 Å². The number of nitrogens with zero attached hydrogens (tertiary/aromatic N) is 1.